The highest BCUT2D eigenvalue weighted by Crippen LogP contribution is 2.39. The van der Waals surface area contributed by atoms with E-state index in [9.17, 15) is 9.59 Å². The summed E-state index contributed by atoms with van der Waals surface area (Å²) in [6, 6.07) is 7.41. The molecule has 136 valence electrons. The van der Waals surface area contributed by atoms with E-state index in [1.54, 1.807) is 24.3 Å². The molecule has 2 atom stereocenters. The Morgan fingerprint density at radius 1 is 1.12 bits per heavy atom. The molecule has 0 saturated heterocycles. The Hall–Kier alpha value is -1.04. The average Bonchev–Trinajstić information content (AvgIpc) is 2.56. The van der Waals surface area contributed by atoms with E-state index in [2.05, 4.69) is 5.32 Å². The van der Waals surface area contributed by atoms with E-state index >= 15 is 0 Å². The molecule has 25 heavy (non-hydrogen) atoms. The second-order valence-electron chi connectivity index (χ2n) is 7.20. The Bertz CT molecular complexity index is 608. The molecule has 2 saturated carbocycles. The number of benzene rings is 1. The zero-order chi connectivity index (χ0) is 17.8. The summed E-state index contributed by atoms with van der Waals surface area (Å²) in [7, 11) is 0. The van der Waals surface area contributed by atoms with Crippen molar-refractivity contribution >= 4 is 35.1 Å². The fourth-order valence-corrected chi connectivity index (χ4v) is 5.06. The molecule has 1 aromatic rings. The molecule has 0 heterocycles. The Kier molecular flexibility index (Phi) is 6.42. The van der Waals surface area contributed by atoms with Crippen LogP contribution < -0.4 is 11.1 Å². The van der Waals surface area contributed by atoms with Crippen LogP contribution in [0.25, 0.3) is 0 Å². The van der Waals surface area contributed by atoms with Crippen LogP contribution in [0.5, 0.6) is 0 Å². The van der Waals surface area contributed by atoms with Crippen molar-refractivity contribution in [3.05, 3.63) is 34.9 Å². The molecular weight excluding hydrogens is 356 g/mol. The first-order valence-corrected chi connectivity index (χ1v) is 10.5. The highest BCUT2D eigenvalue weighted by atomic mass is 35.5. The quantitative estimate of drug-likeness (QED) is 0.743. The van der Waals surface area contributed by atoms with Gasteiger partial charge in [0.2, 0.25) is 5.91 Å². The molecule has 0 spiro atoms. The van der Waals surface area contributed by atoms with Gasteiger partial charge in [-0.3, -0.25) is 9.59 Å². The maximum atomic E-state index is 12.3. The number of amides is 1. The summed E-state index contributed by atoms with van der Waals surface area (Å²) in [6.45, 7) is 0. The second kappa shape index (κ2) is 8.56. The molecule has 2 fully saturated rings. The molecule has 2 bridgehead atoms. The predicted molar refractivity (Wildman–Crippen MR) is 103 cm³/mol. The minimum Gasteiger partial charge on any atom is -0.352 e. The summed E-state index contributed by atoms with van der Waals surface area (Å²) in [5.74, 6) is 1.72. The van der Waals surface area contributed by atoms with Gasteiger partial charge in [-0.25, -0.2) is 0 Å². The number of rotatable bonds is 6. The van der Waals surface area contributed by atoms with Gasteiger partial charge in [-0.05, 0) is 61.8 Å². The number of carbonyl (C=O) groups excluding carboxylic acids is 2. The Labute approximate surface area is 158 Å². The van der Waals surface area contributed by atoms with E-state index in [-0.39, 0.29) is 23.8 Å². The molecule has 0 aromatic heterocycles. The van der Waals surface area contributed by atoms with E-state index < -0.39 is 0 Å². The first kappa shape index (κ1) is 18.7. The summed E-state index contributed by atoms with van der Waals surface area (Å²) in [5, 5.41) is 3.83. The lowest BCUT2D eigenvalue weighted by Gasteiger charge is -2.45. The van der Waals surface area contributed by atoms with E-state index in [0.29, 0.717) is 33.9 Å². The van der Waals surface area contributed by atoms with Crippen molar-refractivity contribution in [2.75, 3.05) is 11.5 Å². The van der Waals surface area contributed by atoms with Crippen LogP contribution in [-0.4, -0.2) is 35.3 Å². The maximum Gasteiger partial charge on any atom is 0.230 e. The fraction of sp³-hybridized carbons (Fsp3) is 0.579. The van der Waals surface area contributed by atoms with Gasteiger partial charge >= 0.3 is 0 Å². The lowest BCUT2D eigenvalue weighted by molar-refractivity contribution is -0.120. The number of halogens is 1. The standard InChI is InChI=1S/C19H25ClN2O2S/c20-15-6-4-12(5-7-15)17(23)10-25-11-18(24)22-19-13-2-1-3-14(19)9-16(21)8-13/h4-7,13-14,16,19H,1-3,8-11,21H2,(H,22,24). The molecule has 1 amide bonds. The summed E-state index contributed by atoms with van der Waals surface area (Å²) >= 11 is 7.19. The van der Waals surface area contributed by atoms with Crippen molar-refractivity contribution in [1.82, 2.24) is 5.32 Å². The van der Waals surface area contributed by atoms with Crippen LogP contribution in [0, 0.1) is 11.8 Å². The molecule has 6 heteroatoms. The normalized spacial score (nSPS) is 28.4. The molecule has 2 aliphatic rings. The van der Waals surface area contributed by atoms with Crippen molar-refractivity contribution < 1.29 is 9.59 Å². The van der Waals surface area contributed by atoms with E-state index in [0.717, 1.165) is 25.7 Å². The molecule has 3 N–H and O–H groups in total. The topological polar surface area (TPSA) is 72.2 Å². The summed E-state index contributed by atoms with van der Waals surface area (Å²) in [5.41, 5.74) is 6.77. The number of hydrogen-bond acceptors (Lipinski definition) is 4. The van der Waals surface area contributed by atoms with Crippen molar-refractivity contribution in [3.63, 3.8) is 0 Å². The first-order valence-electron chi connectivity index (χ1n) is 8.94. The minimum atomic E-state index is 0.0231. The third-order valence-corrected chi connectivity index (χ3v) is 6.52. The number of nitrogens with one attached hydrogen (secondary N) is 1. The van der Waals surface area contributed by atoms with Crippen LogP contribution in [0.15, 0.2) is 24.3 Å². The van der Waals surface area contributed by atoms with Crippen molar-refractivity contribution in [1.29, 1.82) is 0 Å². The van der Waals surface area contributed by atoms with Crippen LogP contribution in [0.1, 0.15) is 42.5 Å². The summed E-state index contributed by atoms with van der Waals surface area (Å²) in [4.78, 5) is 24.4. The minimum absolute atomic E-state index is 0.0231. The van der Waals surface area contributed by atoms with Crippen molar-refractivity contribution in [2.24, 2.45) is 17.6 Å². The van der Waals surface area contributed by atoms with Gasteiger partial charge in [0.05, 0.1) is 11.5 Å². The highest BCUT2D eigenvalue weighted by molar-refractivity contribution is 8.00. The smallest absolute Gasteiger partial charge is 0.230 e. The lowest BCUT2D eigenvalue weighted by Crippen LogP contribution is -2.54. The van der Waals surface area contributed by atoms with Gasteiger partial charge in [0, 0.05) is 22.7 Å². The van der Waals surface area contributed by atoms with Crippen molar-refractivity contribution in [3.8, 4) is 0 Å². The maximum absolute atomic E-state index is 12.3. The predicted octanol–water partition coefficient (Wildman–Crippen LogP) is 3.28. The van der Waals surface area contributed by atoms with Crippen LogP contribution in [0.2, 0.25) is 5.02 Å². The molecule has 1 aromatic carbocycles. The summed E-state index contributed by atoms with van der Waals surface area (Å²) < 4.78 is 0. The largest absolute Gasteiger partial charge is 0.352 e. The first-order chi connectivity index (χ1) is 12.0. The van der Waals surface area contributed by atoms with Gasteiger partial charge < -0.3 is 11.1 Å². The van der Waals surface area contributed by atoms with E-state index in [1.807, 2.05) is 0 Å². The zero-order valence-electron chi connectivity index (χ0n) is 14.2. The van der Waals surface area contributed by atoms with Crippen LogP contribution in [0.4, 0.5) is 0 Å². The van der Waals surface area contributed by atoms with Gasteiger partial charge in [0.1, 0.15) is 0 Å². The number of Topliss-reactive ketones (excluding diaryl/α,β-unsaturated/α-hetero) is 1. The van der Waals surface area contributed by atoms with Crippen LogP contribution in [0.3, 0.4) is 0 Å². The number of thioether (sulfide) groups is 1. The van der Waals surface area contributed by atoms with Gasteiger partial charge in [0.15, 0.2) is 5.78 Å². The summed E-state index contributed by atoms with van der Waals surface area (Å²) in [6.07, 6.45) is 5.61. The third kappa shape index (κ3) is 4.99. The monoisotopic (exact) mass is 380 g/mol. The Morgan fingerprint density at radius 3 is 2.40 bits per heavy atom. The SMILES string of the molecule is NC1CC2CCCC(C1)C2NC(=O)CSCC(=O)c1ccc(Cl)cc1. The Morgan fingerprint density at radius 2 is 1.76 bits per heavy atom. The van der Waals surface area contributed by atoms with Gasteiger partial charge in [-0.1, -0.05) is 18.0 Å². The lowest BCUT2D eigenvalue weighted by atomic mass is 9.67. The molecule has 2 aliphatic carbocycles. The van der Waals surface area contributed by atoms with Crippen molar-refractivity contribution in [2.45, 2.75) is 44.2 Å². The third-order valence-electron chi connectivity index (χ3n) is 5.34. The van der Waals surface area contributed by atoms with Gasteiger partial charge in [-0.15, -0.1) is 11.8 Å². The molecule has 2 unspecified atom stereocenters. The molecular formula is C19H25ClN2O2S. The fourth-order valence-electron chi connectivity index (χ4n) is 4.21. The van der Waals surface area contributed by atoms with Gasteiger partial charge in [-0.2, -0.15) is 0 Å². The number of carbonyl (C=O) groups is 2. The molecule has 0 aliphatic heterocycles. The zero-order valence-corrected chi connectivity index (χ0v) is 15.8. The molecule has 4 nitrogen and oxygen atoms in total. The molecule has 3 rings (SSSR count). The second-order valence-corrected chi connectivity index (χ2v) is 8.62. The van der Waals surface area contributed by atoms with E-state index in [4.69, 9.17) is 17.3 Å². The number of nitrogens with two attached hydrogens (primary N) is 1. The van der Waals surface area contributed by atoms with E-state index in [1.165, 1.54) is 18.2 Å². The van der Waals surface area contributed by atoms with Crippen LogP contribution in [-0.2, 0) is 4.79 Å². The average molecular weight is 381 g/mol. The number of fused-ring (bicyclic) bond motifs is 2. The number of hydrogen-bond donors (Lipinski definition) is 2. The van der Waals surface area contributed by atoms with Crippen LogP contribution >= 0.6 is 23.4 Å². The Balaban J connectivity index is 1.44. The molecule has 0 radical (unpaired) electrons. The van der Waals surface area contributed by atoms with Gasteiger partial charge in [0.25, 0.3) is 0 Å². The number of ketones is 1. The highest BCUT2D eigenvalue weighted by Gasteiger charge is 2.39.